The predicted octanol–water partition coefficient (Wildman–Crippen LogP) is 0.371. The topological polar surface area (TPSA) is 61.4 Å². The monoisotopic (exact) mass is 355 g/mol. The van der Waals surface area contributed by atoms with Crippen molar-refractivity contribution in [1.29, 1.82) is 0 Å². The Morgan fingerprint density at radius 3 is 2.48 bits per heavy atom. The van der Waals surface area contributed by atoms with Gasteiger partial charge in [0.2, 0.25) is 0 Å². The summed E-state index contributed by atoms with van der Waals surface area (Å²) >= 11 is 0. The van der Waals surface area contributed by atoms with Gasteiger partial charge < -0.3 is 20.1 Å². The lowest BCUT2D eigenvalue weighted by Crippen LogP contribution is -2.50. The van der Waals surface area contributed by atoms with Gasteiger partial charge in [-0.3, -0.25) is 14.8 Å². The van der Waals surface area contributed by atoms with Gasteiger partial charge in [-0.05, 0) is 27.7 Å². The Balaban J connectivity index is 1.80. The molecule has 0 amide bonds. The number of morpholine rings is 2. The van der Waals surface area contributed by atoms with Gasteiger partial charge >= 0.3 is 0 Å². The van der Waals surface area contributed by atoms with Crippen molar-refractivity contribution in [2.75, 3.05) is 65.7 Å². The van der Waals surface area contributed by atoms with E-state index in [0.717, 1.165) is 71.7 Å². The van der Waals surface area contributed by atoms with E-state index in [4.69, 9.17) is 14.5 Å². The third-order valence-electron chi connectivity index (χ3n) is 5.08. The van der Waals surface area contributed by atoms with Crippen LogP contribution in [0.1, 0.15) is 27.7 Å². The maximum absolute atomic E-state index is 5.53. The fourth-order valence-corrected chi connectivity index (χ4v) is 3.46. The molecule has 146 valence electrons. The van der Waals surface area contributed by atoms with Gasteiger partial charge in [-0.15, -0.1) is 0 Å². The first kappa shape index (κ1) is 20.4. The summed E-state index contributed by atoms with van der Waals surface area (Å²) in [6.45, 7) is 17.8. The second-order valence-corrected chi connectivity index (χ2v) is 7.11. The molecule has 0 aliphatic carbocycles. The van der Waals surface area contributed by atoms with Crippen LogP contribution in [0.15, 0.2) is 4.99 Å². The van der Waals surface area contributed by atoms with Crippen molar-refractivity contribution < 1.29 is 9.47 Å². The number of rotatable bonds is 7. The Hall–Kier alpha value is -0.890. The van der Waals surface area contributed by atoms with E-state index in [1.54, 1.807) is 0 Å². The number of hydrogen-bond donors (Lipinski definition) is 2. The number of aliphatic imine (C=N–C) groups is 1. The van der Waals surface area contributed by atoms with E-state index in [-0.39, 0.29) is 0 Å². The van der Waals surface area contributed by atoms with Crippen molar-refractivity contribution in [2.24, 2.45) is 4.99 Å². The Labute approximate surface area is 153 Å². The average Bonchev–Trinajstić information content (AvgIpc) is 2.64. The minimum absolute atomic E-state index is 0.422. The zero-order chi connectivity index (χ0) is 18.1. The fourth-order valence-electron chi connectivity index (χ4n) is 3.46. The Bertz CT molecular complexity index is 401. The van der Waals surface area contributed by atoms with Crippen molar-refractivity contribution in [1.82, 2.24) is 20.4 Å². The maximum atomic E-state index is 5.53. The Kier molecular flexibility index (Phi) is 8.95. The summed E-state index contributed by atoms with van der Waals surface area (Å²) in [6.07, 6.45) is 0. The van der Waals surface area contributed by atoms with E-state index in [1.807, 2.05) is 0 Å². The van der Waals surface area contributed by atoms with Gasteiger partial charge in [-0.25, -0.2) is 0 Å². The lowest BCUT2D eigenvalue weighted by molar-refractivity contribution is -0.0165. The smallest absolute Gasteiger partial charge is 0.191 e. The van der Waals surface area contributed by atoms with Gasteiger partial charge in [-0.2, -0.15) is 0 Å². The largest absolute Gasteiger partial charge is 0.379 e. The standard InChI is InChI=1S/C18H37N5O2/c1-5-19-18(20-12-15(2)22-6-9-24-10-7-22)21-13-16(3)23-8-11-25-14-17(23)4/h15-17H,5-14H2,1-4H3,(H2,19,20,21). The number of guanidine groups is 1. The van der Waals surface area contributed by atoms with Crippen LogP contribution < -0.4 is 10.6 Å². The lowest BCUT2D eigenvalue weighted by Gasteiger charge is -2.37. The third-order valence-corrected chi connectivity index (χ3v) is 5.08. The quantitative estimate of drug-likeness (QED) is 0.508. The van der Waals surface area contributed by atoms with E-state index in [9.17, 15) is 0 Å². The second kappa shape index (κ2) is 11.0. The van der Waals surface area contributed by atoms with Crippen molar-refractivity contribution in [3.8, 4) is 0 Å². The molecule has 2 rings (SSSR count). The van der Waals surface area contributed by atoms with E-state index < -0.39 is 0 Å². The predicted molar refractivity (Wildman–Crippen MR) is 102 cm³/mol. The van der Waals surface area contributed by atoms with Crippen LogP contribution in [0, 0.1) is 0 Å². The maximum Gasteiger partial charge on any atom is 0.191 e. The van der Waals surface area contributed by atoms with Crippen LogP contribution in [0.2, 0.25) is 0 Å². The molecule has 3 unspecified atom stereocenters. The Morgan fingerprint density at radius 2 is 1.80 bits per heavy atom. The molecule has 0 bridgehead atoms. The molecule has 2 N–H and O–H groups in total. The molecule has 2 heterocycles. The van der Waals surface area contributed by atoms with Crippen LogP contribution in [0.4, 0.5) is 0 Å². The summed E-state index contributed by atoms with van der Waals surface area (Å²) < 4.78 is 11.0. The molecule has 7 nitrogen and oxygen atoms in total. The number of nitrogens with one attached hydrogen (secondary N) is 2. The SMILES string of the molecule is CCNC(=NCC(C)N1CCOCC1C)NCC(C)N1CCOCC1. The van der Waals surface area contributed by atoms with Gasteiger partial charge in [0, 0.05) is 50.8 Å². The first-order valence-electron chi connectivity index (χ1n) is 9.79. The average molecular weight is 356 g/mol. The summed E-state index contributed by atoms with van der Waals surface area (Å²) in [7, 11) is 0. The summed E-state index contributed by atoms with van der Waals surface area (Å²) in [4.78, 5) is 9.77. The molecular weight excluding hydrogens is 318 g/mol. The highest BCUT2D eigenvalue weighted by atomic mass is 16.5. The van der Waals surface area contributed by atoms with Gasteiger partial charge in [0.15, 0.2) is 5.96 Å². The highest BCUT2D eigenvalue weighted by Gasteiger charge is 2.23. The van der Waals surface area contributed by atoms with Gasteiger partial charge in [0.1, 0.15) is 0 Å². The molecule has 3 atom stereocenters. The van der Waals surface area contributed by atoms with Crippen molar-refractivity contribution in [2.45, 2.75) is 45.8 Å². The molecule has 0 saturated carbocycles. The fraction of sp³-hybridized carbons (Fsp3) is 0.944. The van der Waals surface area contributed by atoms with Crippen LogP contribution in [-0.4, -0.2) is 99.6 Å². The third kappa shape index (κ3) is 6.73. The summed E-state index contributed by atoms with van der Waals surface area (Å²) in [5.74, 6) is 0.912. The zero-order valence-electron chi connectivity index (χ0n) is 16.5. The molecule has 2 saturated heterocycles. The van der Waals surface area contributed by atoms with E-state index in [1.165, 1.54) is 0 Å². The molecular formula is C18H37N5O2. The normalized spacial score (nSPS) is 26.2. The number of nitrogens with zero attached hydrogens (tertiary/aromatic N) is 3. The second-order valence-electron chi connectivity index (χ2n) is 7.11. The minimum Gasteiger partial charge on any atom is -0.379 e. The Morgan fingerprint density at radius 1 is 1.08 bits per heavy atom. The minimum atomic E-state index is 0.422. The van der Waals surface area contributed by atoms with Crippen molar-refractivity contribution in [3.63, 3.8) is 0 Å². The highest BCUT2D eigenvalue weighted by molar-refractivity contribution is 5.79. The van der Waals surface area contributed by atoms with Gasteiger partial charge in [0.05, 0.1) is 33.0 Å². The van der Waals surface area contributed by atoms with E-state index >= 15 is 0 Å². The number of ether oxygens (including phenoxy) is 2. The molecule has 0 aromatic heterocycles. The van der Waals surface area contributed by atoms with Gasteiger partial charge in [0.25, 0.3) is 0 Å². The van der Waals surface area contributed by atoms with Crippen LogP contribution in [0.25, 0.3) is 0 Å². The van der Waals surface area contributed by atoms with E-state index in [0.29, 0.717) is 18.1 Å². The first-order chi connectivity index (χ1) is 12.1. The molecule has 2 fully saturated rings. The van der Waals surface area contributed by atoms with Crippen molar-refractivity contribution in [3.05, 3.63) is 0 Å². The van der Waals surface area contributed by atoms with Crippen LogP contribution in [-0.2, 0) is 9.47 Å². The van der Waals surface area contributed by atoms with Crippen LogP contribution >= 0.6 is 0 Å². The summed E-state index contributed by atoms with van der Waals surface area (Å²) in [5, 5.41) is 6.86. The summed E-state index contributed by atoms with van der Waals surface area (Å²) in [5.41, 5.74) is 0. The first-order valence-corrected chi connectivity index (χ1v) is 9.79. The molecule has 2 aliphatic rings. The lowest BCUT2D eigenvalue weighted by atomic mass is 10.2. The molecule has 25 heavy (non-hydrogen) atoms. The van der Waals surface area contributed by atoms with Gasteiger partial charge in [-0.1, -0.05) is 0 Å². The summed E-state index contributed by atoms with van der Waals surface area (Å²) in [6, 6.07) is 1.37. The molecule has 0 spiro atoms. The van der Waals surface area contributed by atoms with E-state index in [2.05, 4.69) is 48.1 Å². The zero-order valence-corrected chi connectivity index (χ0v) is 16.5. The van der Waals surface area contributed by atoms with Crippen molar-refractivity contribution >= 4 is 5.96 Å². The number of hydrogen-bond acceptors (Lipinski definition) is 5. The molecule has 0 aromatic rings. The molecule has 0 aromatic carbocycles. The van der Waals surface area contributed by atoms with Crippen LogP contribution in [0.3, 0.4) is 0 Å². The molecule has 0 radical (unpaired) electrons. The molecule has 2 aliphatic heterocycles. The van der Waals surface area contributed by atoms with Crippen LogP contribution in [0.5, 0.6) is 0 Å². The molecule has 7 heteroatoms. The highest BCUT2D eigenvalue weighted by Crippen LogP contribution is 2.11.